The van der Waals surface area contributed by atoms with E-state index < -0.39 is 0 Å². The van der Waals surface area contributed by atoms with Crippen molar-refractivity contribution in [1.82, 2.24) is 19.7 Å². The normalized spacial score (nSPS) is 12.3. The Hall–Kier alpha value is -2.89. The summed E-state index contributed by atoms with van der Waals surface area (Å²) in [6.45, 7) is 4.04. The fourth-order valence-electron chi connectivity index (χ4n) is 2.51. The molecular formula is C18H21N5O. The van der Waals surface area contributed by atoms with E-state index in [1.54, 1.807) is 0 Å². The minimum atomic E-state index is -0.358. The standard InChI is InChI=1S/C18H21N5O/c1-13(2)16-19-18(22-21-16)20-17(24)15(23-10-6-7-11-23)12-14-8-4-3-5-9-14/h3-11,13,15H,12H2,1-2H3,(H2,19,20,21,22,24). The number of amides is 1. The summed E-state index contributed by atoms with van der Waals surface area (Å²) >= 11 is 0. The molecule has 1 amide bonds. The Labute approximate surface area is 140 Å². The molecule has 2 N–H and O–H groups in total. The Morgan fingerprint density at radius 2 is 1.88 bits per heavy atom. The predicted octanol–water partition coefficient (Wildman–Crippen LogP) is 3.15. The number of benzene rings is 1. The summed E-state index contributed by atoms with van der Waals surface area (Å²) in [5.74, 6) is 1.16. The van der Waals surface area contributed by atoms with Gasteiger partial charge in [0.15, 0.2) is 0 Å². The highest BCUT2D eigenvalue weighted by atomic mass is 16.2. The molecule has 6 nitrogen and oxygen atoms in total. The average Bonchev–Trinajstić information content (AvgIpc) is 3.25. The topological polar surface area (TPSA) is 75.6 Å². The van der Waals surface area contributed by atoms with E-state index in [1.165, 1.54) is 0 Å². The van der Waals surface area contributed by atoms with Crippen LogP contribution in [0, 0.1) is 0 Å². The van der Waals surface area contributed by atoms with Crippen LogP contribution >= 0.6 is 0 Å². The van der Waals surface area contributed by atoms with Crippen LogP contribution in [0.25, 0.3) is 0 Å². The fourth-order valence-corrected chi connectivity index (χ4v) is 2.51. The van der Waals surface area contributed by atoms with Crippen molar-refractivity contribution < 1.29 is 4.79 Å². The number of aromatic amines is 1. The zero-order valence-electron chi connectivity index (χ0n) is 13.8. The minimum Gasteiger partial charge on any atom is -0.342 e. The minimum absolute atomic E-state index is 0.135. The third kappa shape index (κ3) is 3.71. The van der Waals surface area contributed by atoms with Crippen LogP contribution in [0.3, 0.4) is 0 Å². The molecule has 124 valence electrons. The molecule has 6 heteroatoms. The third-order valence-corrected chi connectivity index (χ3v) is 3.85. The van der Waals surface area contributed by atoms with Gasteiger partial charge in [0.25, 0.3) is 0 Å². The highest BCUT2D eigenvalue weighted by Gasteiger charge is 2.22. The van der Waals surface area contributed by atoms with Gasteiger partial charge in [-0.15, -0.1) is 5.10 Å². The molecule has 2 aromatic heterocycles. The van der Waals surface area contributed by atoms with Crippen molar-refractivity contribution in [1.29, 1.82) is 0 Å². The zero-order chi connectivity index (χ0) is 16.9. The quantitative estimate of drug-likeness (QED) is 0.731. The first-order chi connectivity index (χ1) is 11.6. The number of anilines is 1. The van der Waals surface area contributed by atoms with E-state index in [9.17, 15) is 4.79 Å². The maximum absolute atomic E-state index is 12.8. The van der Waals surface area contributed by atoms with E-state index in [1.807, 2.05) is 73.3 Å². The first-order valence-electron chi connectivity index (χ1n) is 8.03. The second-order valence-corrected chi connectivity index (χ2v) is 6.02. The third-order valence-electron chi connectivity index (χ3n) is 3.85. The van der Waals surface area contributed by atoms with Crippen LogP contribution in [0.2, 0.25) is 0 Å². The van der Waals surface area contributed by atoms with E-state index >= 15 is 0 Å². The number of carbonyl (C=O) groups is 1. The van der Waals surface area contributed by atoms with Crippen LogP contribution < -0.4 is 5.32 Å². The molecule has 3 aromatic rings. The maximum Gasteiger partial charge on any atom is 0.250 e. The van der Waals surface area contributed by atoms with Crippen LogP contribution in [0.4, 0.5) is 5.95 Å². The highest BCUT2D eigenvalue weighted by Crippen LogP contribution is 2.17. The van der Waals surface area contributed by atoms with E-state index in [2.05, 4.69) is 20.5 Å². The number of nitrogens with zero attached hydrogens (tertiary/aromatic N) is 3. The van der Waals surface area contributed by atoms with Crippen LogP contribution in [-0.2, 0) is 11.2 Å². The molecule has 0 bridgehead atoms. The Kier molecular flexibility index (Phi) is 4.74. The fraction of sp³-hybridized carbons (Fsp3) is 0.278. The summed E-state index contributed by atoms with van der Waals surface area (Å²) in [6.07, 6.45) is 4.39. The number of carbonyl (C=O) groups excluding carboxylic acids is 1. The smallest absolute Gasteiger partial charge is 0.250 e. The lowest BCUT2D eigenvalue weighted by Crippen LogP contribution is -2.27. The van der Waals surface area contributed by atoms with Gasteiger partial charge in [-0.1, -0.05) is 44.2 Å². The van der Waals surface area contributed by atoms with E-state index in [0.717, 1.165) is 11.4 Å². The molecule has 0 saturated carbocycles. The molecule has 1 unspecified atom stereocenters. The van der Waals surface area contributed by atoms with Gasteiger partial charge < -0.3 is 4.57 Å². The number of hydrogen-bond donors (Lipinski definition) is 2. The zero-order valence-corrected chi connectivity index (χ0v) is 13.8. The van der Waals surface area contributed by atoms with Gasteiger partial charge in [-0.25, -0.2) is 0 Å². The summed E-state index contributed by atoms with van der Waals surface area (Å²) in [7, 11) is 0. The first-order valence-corrected chi connectivity index (χ1v) is 8.03. The van der Waals surface area contributed by atoms with Crippen molar-refractivity contribution in [3.8, 4) is 0 Å². The van der Waals surface area contributed by atoms with E-state index in [4.69, 9.17) is 0 Å². The molecule has 1 aromatic carbocycles. The van der Waals surface area contributed by atoms with Crippen LogP contribution in [0.5, 0.6) is 0 Å². The van der Waals surface area contributed by atoms with Gasteiger partial charge in [0, 0.05) is 24.7 Å². The predicted molar refractivity (Wildman–Crippen MR) is 92.7 cm³/mol. The SMILES string of the molecule is CC(C)c1nc(NC(=O)C(Cc2ccccc2)n2cccc2)n[nH]1. The maximum atomic E-state index is 12.8. The van der Waals surface area contributed by atoms with E-state index in [0.29, 0.717) is 12.4 Å². The molecule has 1 atom stereocenters. The number of H-pyrrole nitrogens is 1. The lowest BCUT2D eigenvalue weighted by Gasteiger charge is -2.17. The van der Waals surface area contributed by atoms with Gasteiger partial charge >= 0.3 is 0 Å². The molecule has 3 rings (SSSR count). The molecular weight excluding hydrogens is 302 g/mol. The number of aromatic nitrogens is 4. The average molecular weight is 323 g/mol. The van der Waals surface area contributed by atoms with E-state index in [-0.39, 0.29) is 17.9 Å². The monoisotopic (exact) mass is 323 g/mol. The number of hydrogen-bond acceptors (Lipinski definition) is 3. The van der Waals surface area contributed by atoms with Crippen molar-refractivity contribution in [3.05, 3.63) is 66.2 Å². The Morgan fingerprint density at radius 1 is 1.17 bits per heavy atom. The second-order valence-electron chi connectivity index (χ2n) is 6.02. The summed E-state index contributed by atoms with van der Waals surface area (Å²) < 4.78 is 1.90. The van der Waals surface area contributed by atoms with Gasteiger partial charge in [-0.05, 0) is 17.7 Å². The van der Waals surface area contributed by atoms with Gasteiger partial charge in [0.2, 0.25) is 11.9 Å². The number of nitrogens with one attached hydrogen (secondary N) is 2. The Bertz CT molecular complexity index is 777. The first kappa shape index (κ1) is 16.0. The molecule has 0 radical (unpaired) electrons. The molecule has 0 aliphatic heterocycles. The van der Waals surface area contributed by atoms with Crippen LogP contribution in [-0.4, -0.2) is 25.7 Å². The van der Waals surface area contributed by atoms with Gasteiger partial charge in [-0.2, -0.15) is 4.98 Å². The highest BCUT2D eigenvalue weighted by molar-refractivity contribution is 5.92. The number of rotatable bonds is 6. The summed E-state index contributed by atoms with van der Waals surface area (Å²) in [6, 6.07) is 13.4. The lowest BCUT2D eigenvalue weighted by atomic mass is 10.1. The molecule has 2 heterocycles. The van der Waals surface area contributed by atoms with Gasteiger partial charge in [0.1, 0.15) is 11.9 Å². The van der Waals surface area contributed by atoms with Crippen LogP contribution in [0.15, 0.2) is 54.9 Å². The van der Waals surface area contributed by atoms with Gasteiger partial charge in [0.05, 0.1) is 0 Å². The van der Waals surface area contributed by atoms with Crippen molar-refractivity contribution in [2.45, 2.75) is 32.2 Å². The summed E-state index contributed by atoms with van der Waals surface area (Å²) in [5, 5.41) is 9.73. The summed E-state index contributed by atoms with van der Waals surface area (Å²) in [4.78, 5) is 17.1. The largest absolute Gasteiger partial charge is 0.342 e. The van der Waals surface area contributed by atoms with Crippen molar-refractivity contribution in [2.75, 3.05) is 5.32 Å². The van der Waals surface area contributed by atoms with Crippen LogP contribution in [0.1, 0.15) is 37.2 Å². The summed E-state index contributed by atoms with van der Waals surface area (Å²) in [5.41, 5.74) is 1.10. The molecule has 0 saturated heterocycles. The Morgan fingerprint density at radius 3 is 2.50 bits per heavy atom. The van der Waals surface area contributed by atoms with Crippen molar-refractivity contribution >= 4 is 11.9 Å². The van der Waals surface area contributed by atoms with Crippen molar-refractivity contribution in [2.24, 2.45) is 0 Å². The molecule has 24 heavy (non-hydrogen) atoms. The lowest BCUT2D eigenvalue weighted by molar-refractivity contribution is -0.119. The Balaban J connectivity index is 1.78. The second kappa shape index (κ2) is 7.12. The van der Waals surface area contributed by atoms with Crippen molar-refractivity contribution in [3.63, 3.8) is 0 Å². The molecule has 0 spiro atoms. The van der Waals surface area contributed by atoms with Gasteiger partial charge in [-0.3, -0.25) is 15.2 Å². The molecule has 0 aliphatic carbocycles. The molecule has 0 fully saturated rings. The molecule has 0 aliphatic rings.